The lowest BCUT2D eigenvalue weighted by Crippen LogP contribution is -2.28. The summed E-state index contributed by atoms with van der Waals surface area (Å²) in [6.07, 6.45) is 1.11. The molecule has 4 nitrogen and oxygen atoms in total. The summed E-state index contributed by atoms with van der Waals surface area (Å²) in [5.41, 5.74) is 5.65. The van der Waals surface area contributed by atoms with E-state index in [0.29, 0.717) is 29.8 Å². The summed E-state index contributed by atoms with van der Waals surface area (Å²) in [6, 6.07) is 27.6. The number of nitriles is 1. The largest absolute Gasteiger partial charge is 0.269 e. The first kappa shape index (κ1) is 20.3. The Morgan fingerprint density at radius 1 is 0.968 bits per heavy atom. The van der Waals surface area contributed by atoms with Gasteiger partial charge in [0.15, 0.2) is 0 Å². The van der Waals surface area contributed by atoms with E-state index in [-0.39, 0.29) is 5.56 Å². The molecule has 4 aromatic rings. The van der Waals surface area contributed by atoms with Crippen LogP contribution in [0.3, 0.4) is 0 Å². The Kier molecular flexibility index (Phi) is 5.77. The maximum absolute atomic E-state index is 13.5. The number of nitrogens with zero attached hydrogens (tertiary/aromatic N) is 3. The molecular weight excluding hydrogens is 382 g/mol. The molecule has 4 heteroatoms. The fraction of sp³-hybridized carbons (Fsp3) is 0.148. The fourth-order valence-electron chi connectivity index (χ4n) is 3.94. The lowest BCUT2D eigenvalue weighted by Gasteiger charge is -2.15. The first-order valence-electron chi connectivity index (χ1n) is 10.4. The number of rotatable bonds is 5. The molecular formula is C27H23N3O. The molecule has 0 unspecified atom stereocenters. The molecule has 31 heavy (non-hydrogen) atoms. The quantitative estimate of drug-likeness (QED) is 0.457. The van der Waals surface area contributed by atoms with Gasteiger partial charge in [0.25, 0.3) is 5.56 Å². The van der Waals surface area contributed by atoms with E-state index >= 15 is 0 Å². The Morgan fingerprint density at radius 3 is 2.29 bits per heavy atom. The average Bonchev–Trinajstić information content (AvgIpc) is 2.82. The normalized spacial score (nSPS) is 10.6. The van der Waals surface area contributed by atoms with Crippen LogP contribution in [0.15, 0.2) is 83.7 Å². The van der Waals surface area contributed by atoms with Gasteiger partial charge in [-0.25, -0.2) is 4.98 Å². The highest BCUT2D eigenvalue weighted by molar-refractivity contribution is 5.71. The van der Waals surface area contributed by atoms with Crippen molar-refractivity contribution in [3.05, 3.63) is 117 Å². The molecule has 0 aliphatic carbocycles. The van der Waals surface area contributed by atoms with Crippen LogP contribution < -0.4 is 5.56 Å². The van der Waals surface area contributed by atoms with Crippen molar-refractivity contribution in [3.8, 4) is 22.9 Å². The molecule has 4 rings (SSSR count). The van der Waals surface area contributed by atoms with Gasteiger partial charge in [-0.3, -0.25) is 9.36 Å². The summed E-state index contributed by atoms with van der Waals surface area (Å²) in [7, 11) is 0. The fourth-order valence-corrected chi connectivity index (χ4v) is 3.94. The monoisotopic (exact) mass is 405 g/mol. The second-order valence-corrected chi connectivity index (χ2v) is 7.45. The number of benzene rings is 3. The molecule has 1 aromatic heterocycles. The minimum Gasteiger partial charge on any atom is -0.269 e. The molecule has 152 valence electrons. The second-order valence-electron chi connectivity index (χ2n) is 7.45. The van der Waals surface area contributed by atoms with Crippen LogP contribution in [0.1, 0.15) is 35.1 Å². The molecule has 1 heterocycles. The lowest BCUT2D eigenvalue weighted by molar-refractivity contribution is 0.803. The number of aryl methyl sites for hydroxylation is 2. The number of hydrogen-bond acceptors (Lipinski definition) is 3. The molecule has 0 aliphatic heterocycles. The van der Waals surface area contributed by atoms with Gasteiger partial charge >= 0.3 is 0 Å². The number of para-hydroxylation sites is 1. The van der Waals surface area contributed by atoms with Crippen molar-refractivity contribution in [2.75, 3.05) is 0 Å². The van der Waals surface area contributed by atoms with Crippen LogP contribution in [0.2, 0.25) is 0 Å². The molecule has 0 saturated carbocycles. The summed E-state index contributed by atoms with van der Waals surface area (Å²) in [5, 5.41) is 9.73. The highest BCUT2D eigenvalue weighted by Crippen LogP contribution is 2.25. The molecule has 3 aromatic carbocycles. The Labute approximate surface area is 182 Å². The minimum atomic E-state index is -0.0545. The third-order valence-corrected chi connectivity index (χ3v) is 5.45. The van der Waals surface area contributed by atoms with Gasteiger partial charge in [-0.2, -0.15) is 5.26 Å². The van der Waals surface area contributed by atoms with Crippen LogP contribution in [0.25, 0.3) is 16.8 Å². The zero-order chi connectivity index (χ0) is 21.8. The molecule has 0 saturated heterocycles. The summed E-state index contributed by atoms with van der Waals surface area (Å²) < 4.78 is 1.66. The van der Waals surface area contributed by atoms with Gasteiger partial charge in [-0.15, -0.1) is 0 Å². The van der Waals surface area contributed by atoms with Crippen molar-refractivity contribution in [3.63, 3.8) is 0 Å². The van der Waals surface area contributed by atoms with E-state index in [4.69, 9.17) is 4.98 Å². The van der Waals surface area contributed by atoms with Crippen LogP contribution in [-0.4, -0.2) is 9.55 Å². The number of aromatic nitrogens is 2. The molecule has 0 radical (unpaired) electrons. The minimum absolute atomic E-state index is 0.0545. The van der Waals surface area contributed by atoms with Crippen LogP contribution in [0.5, 0.6) is 0 Å². The SMILES string of the molecule is CCc1nc(C)n(-c2ccccc2)c(=O)c1Cc1ccc(-c2ccccc2)c(C#N)c1. The first-order valence-corrected chi connectivity index (χ1v) is 10.4. The van der Waals surface area contributed by atoms with Crippen molar-refractivity contribution in [1.82, 2.24) is 9.55 Å². The predicted molar refractivity (Wildman–Crippen MR) is 123 cm³/mol. The van der Waals surface area contributed by atoms with E-state index in [2.05, 4.69) is 6.07 Å². The summed E-state index contributed by atoms with van der Waals surface area (Å²) in [4.78, 5) is 18.2. The van der Waals surface area contributed by atoms with E-state index in [1.54, 1.807) is 4.57 Å². The van der Waals surface area contributed by atoms with Crippen LogP contribution in [0.4, 0.5) is 0 Å². The summed E-state index contributed by atoms with van der Waals surface area (Å²) in [6.45, 7) is 3.87. The molecule has 0 amide bonds. The van der Waals surface area contributed by atoms with Gasteiger partial charge in [0.2, 0.25) is 0 Å². The zero-order valence-electron chi connectivity index (χ0n) is 17.7. The highest BCUT2D eigenvalue weighted by Gasteiger charge is 2.16. The third-order valence-electron chi connectivity index (χ3n) is 5.45. The van der Waals surface area contributed by atoms with Crippen LogP contribution in [-0.2, 0) is 12.8 Å². The van der Waals surface area contributed by atoms with Gasteiger partial charge in [0, 0.05) is 12.0 Å². The zero-order valence-corrected chi connectivity index (χ0v) is 17.7. The van der Waals surface area contributed by atoms with Gasteiger partial charge in [-0.05, 0) is 48.2 Å². The van der Waals surface area contributed by atoms with Crippen molar-refractivity contribution in [2.24, 2.45) is 0 Å². The molecule has 0 atom stereocenters. The smallest absolute Gasteiger partial charge is 0.261 e. The van der Waals surface area contributed by atoms with Crippen molar-refractivity contribution in [2.45, 2.75) is 26.7 Å². The summed E-state index contributed by atoms with van der Waals surface area (Å²) in [5.74, 6) is 0.675. The van der Waals surface area contributed by atoms with Crippen molar-refractivity contribution >= 4 is 0 Å². The Bertz CT molecular complexity index is 1320. The van der Waals surface area contributed by atoms with Gasteiger partial charge < -0.3 is 0 Å². The second kappa shape index (κ2) is 8.81. The maximum atomic E-state index is 13.5. The average molecular weight is 406 g/mol. The van der Waals surface area contributed by atoms with Crippen LogP contribution >= 0.6 is 0 Å². The van der Waals surface area contributed by atoms with E-state index in [0.717, 1.165) is 28.1 Å². The van der Waals surface area contributed by atoms with Crippen molar-refractivity contribution < 1.29 is 0 Å². The topological polar surface area (TPSA) is 58.7 Å². The Morgan fingerprint density at radius 2 is 1.65 bits per heavy atom. The first-order chi connectivity index (χ1) is 15.1. The predicted octanol–water partition coefficient (Wildman–Crippen LogP) is 5.23. The molecule has 0 spiro atoms. The maximum Gasteiger partial charge on any atom is 0.261 e. The molecule has 0 bridgehead atoms. The molecule has 0 N–H and O–H groups in total. The Balaban J connectivity index is 1.79. The van der Waals surface area contributed by atoms with E-state index in [1.165, 1.54) is 0 Å². The highest BCUT2D eigenvalue weighted by atomic mass is 16.1. The van der Waals surface area contributed by atoms with E-state index < -0.39 is 0 Å². The lowest BCUT2D eigenvalue weighted by atomic mass is 9.95. The third kappa shape index (κ3) is 4.04. The standard InChI is InChI=1S/C27H23N3O/c1-3-26-25(27(31)30(19(2)29-26)23-12-8-5-9-13-23)17-20-14-15-24(22(16-20)18-28)21-10-6-4-7-11-21/h4-16H,3,17H2,1-2H3. The Hall–Kier alpha value is -3.97. The number of hydrogen-bond donors (Lipinski definition) is 0. The van der Waals surface area contributed by atoms with Gasteiger partial charge in [0.05, 0.1) is 23.0 Å². The molecule has 0 aliphatic rings. The van der Waals surface area contributed by atoms with E-state index in [9.17, 15) is 10.1 Å². The van der Waals surface area contributed by atoms with Gasteiger partial charge in [-0.1, -0.05) is 67.6 Å². The van der Waals surface area contributed by atoms with E-state index in [1.807, 2.05) is 92.7 Å². The summed E-state index contributed by atoms with van der Waals surface area (Å²) >= 11 is 0. The molecule has 0 fully saturated rings. The van der Waals surface area contributed by atoms with Gasteiger partial charge in [0.1, 0.15) is 5.82 Å². The van der Waals surface area contributed by atoms with Crippen molar-refractivity contribution in [1.29, 1.82) is 5.26 Å². The van der Waals surface area contributed by atoms with Crippen LogP contribution in [0, 0.1) is 18.3 Å².